The average Bonchev–Trinajstić information content (AvgIpc) is 3.31. The molecule has 0 aliphatic carbocycles. The molecule has 0 unspecified atom stereocenters. The number of aromatic nitrogens is 2. The highest BCUT2D eigenvalue weighted by atomic mass is 35.5. The van der Waals surface area contributed by atoms with Crippen LogP contribution in [0.25, 0.3) is 6.08 Å². The van der Waals surface area contributed by atoms with E-state index in [1.54, 1.807) is 23.1 Å². The minimum atomic E-state index is -0.740. The van der Waals surface area contributed by atoms with Gasteiger partial charge in [-0.25, -0.2) is 9.48 Å². The number of carbonyl (C=O) groups is 3. The van der Waals surface area contributed by atoms with Crippen LogP contribution < -0.4 is 11.1 Å². The van der Waals surface area contributed by atoms with E-state index < -0.39 is 24.4 Å². The summed E-state index contributed by atoms with van der Waals surface area (Å²) in [6.45, 7) is 1.59. The number of aryl methyl sites for hydroxylation is 1. The predicted octanol–water partition coefficient (Wildman–Crippen LogP) is 3.90. The molecule has 0 saturated heterocycles. The summed E-state index contributed by atoms with van der Waals surface area (Å²) in [5.41, 5.74) is 7.42. The van der Waals surface area contributed by atoms with E-state index in [-0.39, 0.29) is 5.56 Å². The molecule has 0 bridgehead atoms. The van der Waals surface area contributed by atoms with E-state index in [0.29, 0.717) is 33.0 Å². The van der Waals surface area contributed by atoms with E-state index in [1.165, 1.54) is 12.1 Å². The number of nitrogens with two attached hydrogens (primary N) is 1. The average molecular weight is 493 g/mol. The maximum Gasteiger partial charge on any atom is 0.331 e. The van der Waals surface area contributed by atoms with Crippen molar-refractivity contribution < 1.29 is 19.1 Å². The summed E-state index contributed by atoms with van der Waals surface area (Å²) in [4.78, 5) is 35.3. The Labute approximate surface area is 197 Å². The summed E-state index contributed by atoms with van der Waals surface area (Å²) < 4.78 is 6.51. The maximum atomic E-state index is 12.0. The number of benzene rings is 1. The molecule has 3 aromatic rings. The van der Waals surface area contributed by atoms with Gasteiger partial charge in [-0.1, -0.05) is 41.4 Å². The molecule has 2 heterocycles. The molecule has 8 nitrogen and oxygen atoms in total. The second kappa shape index (κ2) is 10.4. The Hall–Kier alpha value is -3.14. The highest BCUT2D eigenvalue weighted by Gasteiger charge is 2.15. The number of amides is 2. The van der Waals surface area contributed by atoms with E-state index in [0.717, 1.165) is 23.0 Å². The Morgan fingerprint density at radius 1 is 1.25 bits per heavy atom. The van der Waals surface area contributed by atoms with Gasteiger partial charge in [-0.15, -0.1) is 11.3 Å². The molecule has 3 rings (SSSR count). The topological polar surface area (TPSA) is 116 Å². The van der Waals surface area contributed by atoms with Crippen LogP contribution in [0.1, 0.15) is 27.2 Å². The molecule has 11 heteroatoms. The summed E-state index contributed by atoms with van der Waals surface area (Å²) in [6.07, 6.45) is 2.63. The number of halogens is 2. The zero-order valence-electron chi connectivity index (χ0n) is 16.8. The van der Waals surface area contributed by atoms with Gasteiger partial charge in [0.05, 0.1) is 17.8 Å². The van der Waals surface area contributed by atoms with Crippen LogP contribution in [0.2, 0.25) is 10.2 Å². The van der Waals surface area contributed by atoms with Crippen molar-refractivity contribution in [1.29, 1.82) is 0 Å². The number of carbonyl (C=O) groups excluding carboxylic acids is 3. The number of nitrogens with one attached hydrogen (secondary N) is 1. The van der Waals surface area contributed by atoms with Crippen LogP contribution in [0, 0.1) is 6.92 Å². The molecule has 0 fully saturated rings. The van der Waals surface area contributed by atoms with Crippen molar-refractivity contribution >= 4 is 63.4 Å². The Bertz CT molecular complexity index is 1200. The zero-order valence-corrected chi connectivity index (χ0v) is 19.1. The quantitative estimate of drug-likeness (QED) is 0.365. The van der Waals surface area contributed by atoms with Crippen molar-refractivity contribution in [2.24, 2.45) is 5.73 Å². The third-order valence-electron chi connectivity index (χ3n) is 4.30. The molecule has 0 radical (unpaired) electrons. The Morgan fingerprint density at radius 3 is 2.72 bits per heavy atom. The minimum absolute atomic E-state index is 0.188. The Kier molecular flexibility index (Phi) is 7.68. The number of nitrogens with zero attached hydrogens (tertiary/aromatic N) is 2. The fraction of sp³-hybridized carbons (Fsp3) is 0.143. The molecule has 2 amide bonds. The SMILES string of the molecule is Cc1nn(Cc2ccccc2Cl)c(Cl)c1C=CC(=O)OCC(=O)Nc1sccc1C(N)=O. The van der Waals surface area contributed by atoms with Crippen LogP contribution in [0.4, 0.5) is 5.00 Å². The summed E-state index contributed by atoms with van der Waals surface area (Å²) in [5, 5.41) is 9.71. The third kappa shape index (κ3) is 5.76. The Morgan fingerprint density at radius 2 is 2.00 bits per heavy atom. The van der Waals surface area contributed by atoms with Gasteiger partial charge in [0, 0.05) is 16.7 Å². The molecule has 0 saturated carbocycles. The van der Waals surface area contributed by atoms with E-state index in [4.69, 9.17) is 33.7 Å². The van der Waals surface area contributed by atoms with Crippen LogP contribution in [0.15, 0.2) is 41.8 Å². The molecule has 166 valence electrons. The molecule has 0 aliphatic rings. The maximum absolute atomic E-state index is 12.0. The number of anilines is 1. The lowest BCUT2D eigenvalue weighted by Crippen LogP contribution is -2.21. The van der Waals surface area contributed by atoms with Crippen LogP contribution in [-0.4, -0.2) is 34.2 Å². The predicted molar refractivity (Wildman–Crippen MR) is 124 cm³/mol. The van der Waals surface area contributed by atoms with Crippen molar-refractivity contribution in [2.45, 2.75) is 13.5 Å². The molecule has 32 heavy (non-hydrogen) atoms. The number of hydrogen-bond acceptors (Lipinski definition) is 6. The van der Waals surface area contributed by atoms with Gasteiger partial charge in [-0.05, 0) is 36.1 Å². The first-order valence-corrected chi connectivity index (χ1v) is 10.9. The summed E-state index contributed by atoms with van der Waals surface area (Å²) in [6, 6.07) is 8.84. The van der Waals surface area contributed by atoms with Crippen molar-refractivity contribution in [1.82, 2.24) is 9.78 Å². The van der Waals surface area contributed by atoms with E-state index in [1.807, 2.05) is 18.2 Å². The van der Waals surface area contributed by atoms with Crippen LogP contribution in [0.3, 0.4) is 0 Å². The molecule has 0 atom stereocenters. The number of rotatable bonds is 8. The molecule has 1 aromatic carbocycles. The summed E-state index contributed by atoms with van der Waals surface area (Å²) in [7, 11) is 0. The number of ether oxygens (including phenoxy) is 1. The molecule has 0 spiro atoms. The van der Waals surface area contributed by atoms with Gasteiger partial charge in [-0.3, -0.25) is 9.59 Å². The van der Waals surface area contributed by atoms with Gasteiger partial charge in [0.2, 0.25) is 0 Å². The fourth-order valence-corrected chi connectivity index (χ4v) is 4.05. The van der Waals surface area contributed by atoms with E-state index in [9.17, 15) is 14.4 Å². The largest absolute Gasteiger partial charge is 0.452 e. The minimum Gasteiger partial charge on any atom is -0.452 e. The molecule has 2 aromatic heterocycles. The first-order chi connectivity index (χ1) is 15.3. The van der Waals surface area contributed by atoms with Gasteiger partial charge in [0.1, 0.15) is 10.2 Å². The van der Waals surface area contributed by atoms with Gasteiger partial charge < -0.3 is 15.8 Å². The highest BCUT2D eigenvalue weighted by Crippen LogP contribution is 2.25. The number of primary amides is 1. The van der Waals surface area contributed by atoms with Crippen molar-refractivity contribution in [2.75, 3.05) is 11.9 Å². The normalized spacial score (nSPS) is 11.0. The molecular weight excluding hydrogens is 475 g/mol. The highest BCUT2D eigenvalue weighted by molar-refractivity contribution is 7.14. The van der Waals surface area contributed by atoms with E-state index in [2.05, 4.69) is 10.4 Å². The Balaban J connectivity index is 1.59. The second-order valence-corrected chi connectivity index (χ2v) is 8.24. The van der Waals surface area contributed by atoms with Crippen LogP contribution in [0.5, 0.6) is 0 Å². The van der Waals surface area contributed by atoms with Crippen molar-refractivity contribution in [3.05, 3.63) is 74.3 Å². The lowest BCUT2D eigenvalue weighted by Gasteiger charge is -2.05. The van der Waals surface area contributed by atoms with Crippen LogP contribution >= 0.6 is 34.5 Å². The van der Waals surface area contributed by atoms with Crippen LogP contribution in [-0.2, 0) is 20.9 Å². The second-order valence-electron chi connectivity index (χ2n) is 6.56. The first-order valence-electron chi connectivity index (χ1n) is 9.24. The van der Waals surface area contributed by atoms with Gasteiger partial charge in [0.15, 0.2) is 6.61 Å². The van der Waals surface area contributed by atoms with Gasteiger partial charge >= 0.3 is 5.97 Å². The lowest BCUT2D eigenvalue weighted by molar-refractivity contribution is -0.142. The molecule has 0 aliphatic heterocycles. The first kappa shape index (κ1) is 23.5. The van der Waals surface area contributed by atoms with E-state index >= 15 is 0 Å². The monoisotopic (exact) mass is 492 g/mol. The fourth-order valence-electron chi connectivity index (χ4n) is 2.75. The molecule has 3 N–H and O–H groups in total. The zero-order chi connectivity index (χ0) is 23.3. The number of esters is 1. The molecular formula is C21H18Cl2N4O4S. The summed E-state index contributed by atoms with van der Waals surface area (Å²) in [5.74, 6) is -2.00. The van der Waals surface area contributed by atoms with Gasteiger partial charge in [0.25, 0.3) is 11.8 Å². The van der Waals surface area contributed by atoms with Crippen molar-refractivity contribution in [3.63, 3.8) is 0 Å². The number of hydrogen-bond donors (Lipinski definition) is 2. The summed E-state index contributed by atoms with van der Waals surface area (Å²) >= 11 is 13.7. The number of thiophene rings is 1. The van der Waals surface area contributed by atoms with Gasteiger partial charge in [-0.2, -0.15) is 5.10 Å². The standard InChI is InChI=1S/C21H18Cl2N4O4S/c1-12-14(19(23)27(26-12)10-13-4-2-3-5-16(13)22)6-7-18(29)31-11-17(28)25-21-15(20(24)30)8-9-32-21/h2-9H,10-11H2,1H3,(H2,24,30)(H,25,28). The third-order valence-corrected chi connectivity index (χ3v) is 5.90. The lowest BCUT2D eigenvalue weighted by atomic mass is 10.2. The van der Waals surface area contributed by atoms with Crippen molar-refractivity contribution in [3.8, 4) is 0 Å². The smallest absolute Gasteiger partial charge is 0.331 e.